The smallest absolute Gasteiger partial charge is 0.220 e. The summed E-state index contributed by atoms with van der Waals surface area (Å²) in [7, 11) is 0. The summed E-state index contributed by atoms with van der Waals surface area (Å²) in [5, 5.41) is 22.9. The van der Waals surface area contributed by atoms with Crippen molar-refractivity contribution < 1.29 is 15.0 Å². The van der Waals surface area contributed by atoms with Crippen LogP contribution in [0.5, 0.6) is 0 Å². The normalized spacial score (nSPS) is 14.0. The van der Waals surface area contributed by atoms with Crippen LogP contribution in [-0.4, -0.2) is 34.9 Å². The van der Waals surface area contributed by atoms with E-state index in [2.05, 4.69) is 92.1 Å². The molecule has 0 aromatic carbocycles. The molecule has 0 radical (unpaired) electrons. The van der Waals surface area contributed by atoms with Crippen molar-refractivity contribution in [1.29, 1.82) is 0 Å². The largest absolute Gasteiger partial charge is 0.394 e. The van der Waals surface area contributed by atoms with Crippen molar-refractivity contribution in [3.8, 4) is 0 Å². The van der Waals surface area contributed by atoms with Crippen molar-refractivity contribution >= 4 is 5.91 Å². The predicted octanol–water partition coefficient (Wildman–Crippen LogP) is 12.1. The summed E-state index contributed by atoms with van der Waals surface area (Å²) in [5.74, 6) is -0.0975. The van der Waals surface area contributed by atoms with Crippen LogP contribution < -0.4 is 5.32 Å². The Morgan fingerprint density at radius 1 is 0.521 bits per heavy atom. The van der Waals surface area contributed by atoms with Gasteiger partial charge in [0, 0.05) is 6.42 Å². The van der Waals surface area contributed by atoms with E-state index >= 15 is 0 Å². The first-order valence-corrected chi connectivity index (χ1v) is 19.8. The summed E-state index contributed by atoms with van der Waals surface area (Å²) in [6, 6.07) is -0.653. The average Bonchev–Trinajstić information content (AvgIpc) is 3.09. The Hall–Kier alpha value is -2.43. The summed E-state index contributed by atoms with van der Waals surface area (Å²) in [5.41, 5.74) is 0. The fourth-order valence-electron chi connectivity index (χ4n) is 5.34. The van der Waals surface area contributed by atoms with Crippen LogP contribution in [0.25, 0.3) is 0 Å². The van der Waals surface area contributed by atoms with E-state index in [9.17, 15) is 15.0 Å². The molecule has 4 nitrogen and oxygen atoms in total. The van der Waals surface area contributed by atoms with E-state index in [0.29, 0.717) is 6.42 Å². The molecule has 274 valence electrons. The first-order chi connectivity index (χ1) is 23.7. The number of aliphatic hydroxyl groups excluding tert-OH is 2. The van der Waals surface area contributed by atoms with Gasteiger partial charge in [0.25, 0.3) is 0 Å². The number of rotatable bonds is 34. The van der Waals surface area contributed by atoms with E-state index in [1.165, 1.54) is 70.6 Å². The van der Waals surface area contributed by atoms with Gasteiger partial charge < -0.3 is 15.5 Å². The van der Waals surface area contributed by atoms with Gasteiger partial charge in [-0.3, -0.25) is 4.79 Å². The van der Waals surface area contributed by atoms with Crippen molar-refractivity contribution in [2.75, 3.05) is 6.61 Å². The van der Waals surface area contributed by atoms with Crippen molar-refractivity contribution in [1.82, 2.24) is 5.32 Å². The number of aliphatic hydroxyl groups is 2. The zero-order valence-corrected chi connectivity index (χ0v) is 31.2. The second kappa shape index (κ2) is 39.0. The van der Waals surface area contributed by atoms with E-state index in [1.54, 1.807) is 6.08 Å². The number of amides is 1. The molecule has 48 heavy (non-hydrogen) atoms. The molecule has 1 amide bonds. The second-order valence-corrected chi connectivity index (χ2v) is 13.0. The third-order valence-corrected chi connectivity index (χ3v) is 8.36. The number of carbonyl (C=O) groups excluding carboxylic acids is 1. The molecule has 0 rings (SSSR count). The number of hydrogen-bond acceptors (Lipinski definition) is 3. The standard InChI is InChI=1S/C44H75NO3/c1-3-5-7-9-11-13-15-17-19-20-21-22-23-24-26-28-30-32-34-36-38-40-44(48)45-42(41-46)43(47)39-37-35-33-31-29-27-25-18-16-14-12-10-8-6-4-2/h5,7,11,13,17,19,21-22,24,26,29,31,37,39,42-43,46-47H,3-4,6,8-10,12,14-16,18,20,23,25,27-28,30,32-36,38,40-41H2,1-2H3,(H,45,48)/b7-5-,13-11-,19-17-,22-21-,26-24-,31-29+,39-37+. The highest BCUT2D eigenvalue weighted by Gasteiger charge is 2.17. The second-order valence-electron chi connectivity index (χ2n) is 13.0. The molecule has 0 aromatic heterocycles. The molecule has 0 aliphatic heterocycles. The zero-order valence-electron chi connectivity index (χ0n) is 31.2. The molecule has 0 saturated carbocycles. The van der Waals surface area contributed by atoms with Crippen LogP contribution in [0.3, 0.4) is 0 Å². The first-order valence-electron chi connectivity index (χ1n) is 19.8. The third kappa shape index (κ3) is 34.9. The first kappa shape index (κ1) is 45.6. The summed E-state index contributed by atoms with van der Waals surface area (Å²) in [4.78, 5) is 12.3. The maximum absolute atomic E-state index is 12.3. The van der Waals surface area contributed by atoms with E-state index in [-0.39, 0.29) is 12.5 Å². The zero-order chi connectivity index (χ0) is 35.0. The predicted molar refractivity (Wildman–Crippen MR) is 211 cm³/mol. The van der Waals surface area contributed by atoms with Crippen LogP contribution in [-0.2, 0) is 4.79 Å². The molecular weight excluding hydrogens is 590 g/mol. The fraction of sp³-hybridized carbons (Fsp3) is 0.659. The molecule has 0 aliphatic carbocycles. The lowest BCUT2D eigenvalue weighted by molar-refractivity contribution is -0.123. The number of nitrogens with one attached hydrogen (secondary N) is 1. The highest BCUT2D eigenvalue weighted by Crippen LogP contribution is 2.11. The topological polar surface area (TPSA) is 69.6 Å². The lowest BCUT2D eigenvalue weighted by Crippen LogP contribution is -2.45. The summed E-state index contributed by atoms with van der Waals surface area (Å²) in [6.07, 6.45) is 56.7. The molecule has 0 heterocycles. The molecule has 0 bridgehead atoms. The number of hydrogen-bond donors (Lipinski definition) is 3. The van der Waals surface area contributed by atoms with Crippen LogP contribution in [0.1, 0.15) is 168 Å². The average molecular weight is 666 g/mol. The molecule has 0 fully saturated rings. The molecule has 0 saturated heterocycles. The molecule has 2 atom stereocenters. The number of unbranched alkanes of at least 4 members (excludes halogenated alkanes) is 15. The van der Waals surface area contributed by atoms with Crippen LogP contribution in [0, 0.1) is 0 Å². The minimum atomic E-state index is -0.874. The Bertz CT molecular complexity index is 895. The van der Waals surface area contributed by atoms with Crippen LogP contribution in [0.4, 0.5) is 0 Å². The van der Waals surface area contributed by atoms with Crippen LogP contribution >= 0.6 is 0 Å². The summed E-state index contributed by atoms with van der Waals surface area (Å²) < 4.78 is 0. The van der Waals surface area contributed by atoms with Gasteiger partial charge in [-0.05, 0) is 77.0 Å². The van der Waals surface area contributed by atoms with Gasteiger partial charge in [-0.15, -0.1) is 0 Å². The quantitative estimate of drug-likeness (QED) is 0.0473. The Balaban J connectivity index is 3.74. The van der Waals surface area contributed by atoms with Gasteiger partial charge in [-0.2, -0.15) is 0 Å². The van der Waals surface area contributed by atoms with Gasteiger partial charge >= 0.3 is 0 Å². The maximum Gasteiger partial charge on any atom is 0.220 e. The van der Waals surface area contributed by atoms with Gasteiger partial charge in [0.15, 0.2) is 0 Å². The Morgan fingerprint density at radius 2 is 0.938 bits per heavy atom. The SMILES string of the molecule is CC/C=C\C/C=C\C/C=C\C/C=C\C/C=C\CCCCCCCC(=O)NC(CO)C(O)/C=C/CC/C=C/CCCCCCCCCCC. The van der Waals surface area contributed by atoms with Gasteiger partial charge in [0.2, 0.25) is 5.91 Å². The van der Waals surface area contributed by atoms with E-state index in [1.807, 2.05) is 6.08 Å². The highest BCUT2D eigenvalue weighted by molar-refractivity contribution is 5.76. The Morgan fingerprint density at radius 3 is 1.46 bits per heavy atom. The van der Waals surface area contributed by atoms with E-state index in [0.717, 1.165) is 77.0 Å². The lowest BCUT2D eigenvalue weighted by atomic mass is 10.1. The molecule has 0 aromatic rings. The van der Waals surface area contributed by atoms with Gasteiger partial charge in [-0.25, -0.2) is 0 Å². The fourth-order valence-corrected chi connectivity index (χ4v) is 5.34. The minimum Gasteiger partial charge on any atom is -0.394 e. The molecule has 2 unspecified atom stereocenters. The van der Waals surface area contributed by atoms with Gasteiger partial charge in [0.1, 0.15) is 0 Å². The van der Waals surface area contributed by atoms with E-state index in [4.69, 9.17) is 0 Å². The number of carbonyl (C=O) groups is 1. The molecule has 0 aliphatic rings. The van der Waals surface area contributed by atoms with Crippen LogP contribution in [0.2, 0.25) is 0 Å². The molecular formula is C44H75NO3. The van der Waals surface area contributed by atoms with Crippen molar-refractivity contribution in [3.63, 3.8) is 0 Å². The summed E-state index contributed by atoms with van der Waals surface area (Å²) >= 11 is 0. The Kier molecular flexibility index (Phi) is 37.0. The summed E-state index contributed by atoms with van der Waals surface area (Å²) in [6.45, 7) is 4.15. The monoisotopic (exact) mass is 666 g/mol. The van der Waals surface area contributed by atoms with Crippen molar-refractivity contribution in [2.24, 2.45) is 0 Å². The van der Waals surface area contributed by atoms with Gasteiger partial charge in [-0.1, -0.05) is 170 Å². The maximum atomic E-state index is 12.3. The molecule has 3 N–H and O–H groups in total. The van der Waals surface area contributed by atoms with Gasteiger partial charge in [0.05, 0.1) is 18.8 Å². The third-order valence-electron chi connectivity index (χ3n) is 8.36. The number of allylic oxidation sites excluding steroid dienone is 13. The van der Waals surface area contributed by atoms with Crippen LogP contribution in [0.15, 0.2) is 85.1 Å². The van der Waals surface area contributed by atoms with Crippen molar-refractivity contribution in [2.45, 2.75) is 180 Å². The van der Waals surface area contributed by atoms with E-state index < -0.39 is 12.1 Å². The Labute approximate surface area is 297 Å². The lowest BCUT2D eigenvalue weighted by Gasteiger charge is -2.19. The van der Waals surface area contributed by atoms with Crippen molar-refractivity contribution in [3.05, 3.63) is 85.1 Å². The minimum absolute atomic E-state index is 0.0975. The molecule has 4 heteroatoms. The highest BCUT2D eigenvalue weighted by atomic mass is 16.3. The molecule has 0 spiro atoms.